The highest BCUT2D eigenvalue weighted by Gasteiger charge is 2.22. The zero-order chi connectivity index (χ0) is 16.2. The lowest BCUT2D eigenvalue weighted by Gasteiger charge is -2.26. The van der Waals surface area contributed by atoms with Gasteiger partial charge in [-0.3, -0.25) is 4.79 Å². The maximum atomic E-state index is 12.6. The Kier molecular flexibility index (Phi) is 4.51. The number of ether oxygens (including phenoxy) is 2. The molecule has 120 valence electrons. The lowest BCUT2D eigenvalue weighted by molar-refractivity contribution is 0.0932. The first kappa shape index (κ1) is 15.4. The summed E-state index contributed by atoms with van der Waals surface area (Å²) in [5.41, 5.74) is 3.13. The Bertz CT molecular complexity index is 712. The summed E-state index contributed by atoms with van der Waals surface area (Å²) in [4.78, 5) is 12.6. The molecule has 4 heteroatoms. The predicted molar refractivity (Wildman–Crippen MR) is 89.1 cm³/mol. The average molecular weight is 311 g/mol. The Labute approximate surface area is 136 Å². The summed E-state index contributed by atoms with van der Waals surface area (Å²) < 4.78 is 10.5. The van der Waals surface area contributed by atoms with Crippen molar-refractivity contribution in [3.05, 3.63) is 59.2 Å². The van der Waals surface area contributed by atoms with E-state index in [4.69, 9.17) is 9.47 Å². The molecule has 1 aliphatic rings. The van der Waals surface area contributed by atoms with Gasteiger partial charge in [0.15, 0.2) is 11.5 Å². The molecular formula is C19H21NO3. The molecule has 0 fully saturated rings. The van der Waals surface area contributed by atoms with Crippen LogP contribution >= 0.6 is 0 Å². The maximum Gasteiger partial charge on any atom is 0.251 e. The zero-order valence-electron chi connectivity index (χ0n) is 13.5. The highest BCUT2D eigenvalue weighted by atomic mass is 16.5. The van der Waals surface area contributed by atoms with E-state index in [-0.39, 0.29) is 11.9 Å². The number of benzene rings is 2. The van der Waals surface area contributed by atoms with E-state index in [0.29, 0.717) is 17.1 Å². The van der Waals surface area contributed by atoms with Gasteiger partial charge in [0.2, 0.25) is 0 Å². The van der Waals surface area contributed by atoms with Crippen LogP contribution < -0.4 is 14.8 Å². The van der Waals surface area contributed by atoms with Crippen LogP contribution in [-0.4, -0.2) is 20.1 Å². The normalized spacial score (nSPS) is 16.3. The fraction of sp³-hybridized carbons (Fsp3) is 0.316. The minimum Gasteiger partial charge on any atom is -0.493 e. The van der Waals surface area contributed by atoms with Crippen molar-refractivity contribution < 1.29 is 14.3 Å². The van der Waals surface area contributed by atoms with Gasteiger partial charge >= 0.3 is 0 Å². The number of carbonyl (C=O) groups is 1. The molecule has 1 atom stereocenters. The summed E-state index contributed by atoms with van der Waals surface area (Å²) in [5, 5.41) is 3.14. The maximum absolute atomic E-state index is 12.6. The van der Waals surface area contributed by atoms with Gasteiger partial charge in [-0.05, 0) is 48.6 Å². The van der Waals surface area contributed by atoms with E-state index in [1.54, 1.807) is 32.4 Å². The lowest BCUT2D eigenvalue weighted by Crippen LogP contribution is -2.30. The number of rotatable bonds is 4. The van der Waals surface area contributed by atoms with Crippen LogP contribution in [0.25, 0.3) is 0 Å². The van der Waals surface area contributed by atoms with Crippen LogP contribution in [0.2, 0.25) is 0 Å². The number of hydrogen-bond acceptors (Lipinski definition) is 3. The molecule has 0 radical (unpaired) electrons. The van der Waals surface area contributed by atoms with E-state index in [1.165, 1.54) is 11.1 Å². The van der Waals surface area contributed by atoms with E-state index in [1.807, 2.05) is 6.07 Å². The van der Waals surface area contributed by atoms with Gasteiger partial charge in [0, 0.05) is 5.56 Å². The number of fused-ring (bicyclic) bond motifs is 1. The number of aryl methyl sites for hydroxylation is 1. The van der Waals surface area contributed by atoms with Gasteiger partial charge < -0.3 is 14.8 Å². The molecule has 1 N–H and O–H groups in total. The molecule has 4 nitrogen and oxygen atoms in total. The molecule has 0 aliphatic heterocycles. The Morgan fingerprint density at radius 3 is 2.65 bits per heavy atom. The second-order valence-electron chi connectivity index (χ2n) is 5.69. The van der Waals surface area contributed by atoms with E-state index in [0.717, 1.165) is 19.3 Å². The van der Waals surface area contributed by atoms with Crippen molar-refractivity contribution in [1.82, 2.24) is 5.32 Å². The second kappa shape index (κ2) is 6.73. The van der Waals surface area contributed by atoms with Crippen LogP contribution in [0.3, 0.4) is 0 Å². The third kappa shape index (κ3) is 3.16. The molecule has 2 aromatic rings. The Morgan fingerprint density at radius 2 is 1.87 bits per heavy atom. The molecule has 0 saturated heterocycles. The second-order valence-corrected chi connectivity index (χ2v) is 5.69. The van der Waals surface area contributed by atoms with Crippen LogP contribution in [0.1, 0.15) is 40.4 Å². The molecule has 1 amide bonds. The first-order valence-corrected chi connectivity index (χ1v) is 7.83. The van der Waals surface area contributed by atoms with Crippen molar-refractivity contribution in [2.75, 3.05) is 14.2 Å². The fourth-order valence-electron chi connectivity index (χ4n) is 3.12. The van der Waals surface area contributed by atoms with Crippen molar-refractivity contribution in [2.24, 2.45) is 0 Å². The van der Waals surface area contributed by atoms with Gasteiger partial charge in [-0.2, -0.15) is 0 Å². The summed E-state index contributed by atoms with van der Waals surface area (Å²) >= 11 is 0. The zero-order valence-corrected chi connectivity index (χ0v) is 13.5. The molecule has 0 bridgehead atoms. The van der Waals surface area contributed by atoms with Gasteiger partial charge in [0.05, 0.1) is 20.3 Å². The Balaban J connectivity index is 1.80. The summed E-state index contributed by atoms with van der Waals surface area (Å²) in [5.74, 6) is 1.09. The van der Waals surface area contributed by atoms with E-state index >= 15 is 0 Å². The fourth-order valence-corrected chi connectivity index (χ4v) is 3.12. The summed E-state index contributed by atoms with van der Waals surface area (Å²) in [6.45, 7) is 0. The topological polar surface area (TPSA) is 47.6 Å². The molecule has 1 unspecified atom stereocenters. The summed E-state index contributed by atoms with van der Waals surface area (Å²) in [7, 11) is 3.15. The van der Waals surface area contributed by atoms with Gasteiger partial charge in [-0.15, -0.1) is 0 Å². The van der Waals surface area contributed by atoms with Crippen molar-refractivity contribution >= 4 is 5.91 Å². The van der Waals surface area contributed by atoms with Crippen molar-refractivity contribution in [2.45, 2.75) is 25.3 Å². The highest BCUT2D eigenvalue weighted by Crippen LogP contribution is 2.31. The number of amides is 1. The number of hydrogen-bond donors (Lipinski definition) is 1. The minimum atomic E-state index is -0.0901. The number of methoxy groups -OCH3 is 2. The highest BCUT2D eigenvalue weighted by molar-refractivity contribution is 5.95. The van der Waals surface area contributed by atoms with E-state index < -0.39 is 0 Å². The van der Waals surface area contributed by atoms with Gasteiger partial charge in [-0.1, -0.05) is 24.3 Å². The number of nitrogens with one attached hydrogen (secondary N) is 1. The molecule has 0 saturated carbocycles. The molecule has 0 heterocycles. The van der Waals surface area contributed by atoms with Crippen molar-refractivity contribution in [1.29, 1.82) is 0 Å². The van der Waals surface area contributed by atoms with Crippen LogP contribution in [-0.2, 0) is 6.42 Å². The van der Waals surface area contributed by atoms with Crippen LogP contribution in [0.4, 0.5) is 0 Å². The predicted octanol–water partition coefficient (Wildman–Crippen LogP) is 3.51. The van der Waals surface area contributed by atoms with Crippen molar-refractivity contribution in [3.8, 4) is 11.5 Å². The molecule has 0 spiro atoms. The summed E-state index contributed by atoms with van der Waals surface area (Å²) in [6, 6.07) is 13.6. The third-order valence-corrected chi connectivity index (χ3v) is 4.32. The summed E-state index contributed by atoms with van der Waals surface area (Å²) in [6.07, 6.45) is 3.14. The quantitative estimate of drug-likeness (QED) is 0.940. The Morgan fingerprint density at radius 1 is 1.09 bits per heavy atom. The number of carbonyl (C=O) groups excluding carboxylic acids is 1. The minimum absolute atomic E-state index is 0.0700. The van der Waals surface area contributed by atoms with Crippen LogP contribution in [0, 0.1) is 0 Å². The first-order chi connectivity index (χ1) is 11.2. The third-order valence-electron chi connectivity index (χ3n) is 4.32. The Hall–Kier alpha value is -2.49. The molecule has 3 rings (SSSR count). The van der Waals surface area contributed by atoms with Crippen molar-refractivity contribution in [3.63, 3.8) is 0 Å². The average Bonchev–Trinajstić information content (AvgIpc) is 2.61. The monoisotopic (exact) mass is 311 g/mol. The molecule has 0 aromatic heterocycles. The largest absolute Gasteiger partial charge is 0.493 e. The van der Waals surface area contributed by atoms with Crippen LogP contribution in [0.5, 0.6) is 11.5 Å². The molecule has 1 aliphatic carbocycles. The van der Waals surface area contributed by atoms with Gasteiger partial charge in [0.1, 0.15) is 0 Å². The van der Waals surface area contributed by atoms with Gasteiger partial charge in [0.25, 0.3) is 5.91 Å². The van der Waals surface area contributed by atoms with E-state index in [9.17, 15) is 4.79 Å². The van der Waals surface area contributed by atoms with Crippen LogP contribution in [0.15, 0.2) is 42.5 Å². The SMILES string of the molecule is COc1ccc(C(=O)NC2CCCc3ccccc32)cc1OC. The smallest absolute Gasteiger partial charge is 0.251 e. The van der Waals surface area contributed by atoms with E-state index in [2.05, 4.69) is 23.5 Å². The molecule has 23 heavy (non-hydrogen) atoms. The standard InChI is InChI=1S/C19H21NO3/c1-22-17-11-10-14(12-18(17)23-2)19(21)20-16-9-5-7-13-6-3-4-8-15(13)16/h3-4,6,8,10-12,16H,5,7,9H2,1-2H3,(H,20,21). The lowest BCUT2D eigenvalue weighted by atomic mass is 9.87. The molecule has 2 aromatic carbocycles. The van der Waals surface area contributed by atoms with Gasteiger partial charge in [-0.25, -0.2) is 0 Å². The first-order valence-electron chi connectivity index (χ1n) is 7.83. The molecular weight excluding hydrogens is 290 g/mol.